The van der Waals surface area contributed by atoms with Crippen molar-refractivity contribution in [1.82, 2.24) is 9.55 Å². The summed E-state index contributed by atoms with van der Waals surface area (Å²) in [5.74, 6) is -0.734. The normalized spacial score (nSPS) is 27.7. The van der Waals surface area contributed by atoms with E-state index in [0.717, 1.165) is 4.57 Å². The number of nitrogens with zero attached hydrogens (tertiary/aromatic N) is 1. The van der Waals surface area contributed by atoms with Gasteiger partial charge in [-0.1, -0.05) is 0 Å². The van der Waals surface area contributed by atoms with Crippen LogP contribution in [-0.4, -0.2) is 44.4 Å². The molecule has 2 heterocycles. The first-order valence-corrected chi connectivity index (χ1v) is 5.26. The van der Waals surface area contributed by atoms with Gasteiger partial charge in [-0.15, -0.1) is 0 Å². The van der Waals surface area contributed by atoms with Crippen molar-refractivity contribution in [2.45, 2.75) is 25.4 Å². The predicted molar refractivity (Wildman–Crippen MR) is 58.1 cm³/mol. The summed E-state index contributed by atoms with van der Waals surface area (Å²) in [6, 6.07) is 0. The molecule has 8 nitrogen and oxygen atoms in total. The third-order valence-electron chi connectivity index (χ3n) is 2.77. The Morgan fingerprint density at radius 1 is 1.44 bits per heavy atom. The molecule has 0 bridgehead atoms. The van der Waals surface area contributed by atoms with Gasteiger partial charge < -0.3 is 14.9 Å². The number of Topliss-reactive ketones (excluding diaryl/α,β-unsaturated/α-hetero) is 1. The number of aromatic amines is 1. The van der Waals surface area contributed by atoms with Gasteiger partial charge in [0.15, 0.2) is 0 Å². The van der Waals surface area contributed by atoms with Gasteiger partial charge in [-0.2, -0.15) is 0 Å². The molecule has 2 rings (SSSR count). The molecule has 0 saturated carbocycles. The van der Waals surface area contributed by atoms with Crippen LogP contribution in [0.3, 0.4) is 0 Å². The van der Waals surface area contributed by atoms with Crippen molar-refractivity contribution in [1.29, 1.82) is 0 Å². The molecule has 0 amide bonds. The highest BCUT2D eigenvalue weighted by molar-refractivity contribution is 5.87. The molecule has 1 aromatic rings. The Morgan fingerprint density at radius 2 is 2.11 bits per heavy atom. The zero-order valence-corrected chi connectivity index (χ0v) is 9.49. The van der Waals surface area contributed by atoms with Crippen LogP contribution in [0.25, 0.3) is 0 Å². The average molecular weight is 256 g/mol. The number of aliphatic hydroxyl groups excluding tert-OH is 2. The number of ether oxygens (including phenoxy) is 1. The Hall–Kier alpha value is -1.77. The van der Waals surface area contributed by atoms with Gasteiger partial charge in [0.25, 0.3) is 5.56 Å². The third-order valence-corrected chi connectivity index (χ3v) is 2.77. The molecule has 0 spiro atoms. The van der Waals surface area contributed by atoms with Gasteiger partial charge in [0.05, 0.1) is 6.61 Å². The molecule has 0 aromatic carbocycles. The Morgan fingerprint density at radius 3 is 2.67 bits per heavy atom. The van der Waals surface area contributed by atoms with E-state index >= 15 is 0 Å². The van der Waals surface area contributed by atoms with Crippen LogP contribution in [0.15, 0.2) is 15.8 Å². The van der Waals surface area contributed by atoms with Crippen LogP contribution in [0.2, 0.25) is 0 Å². The molecule has 1 aliphatic rings. The maximum Gasteiger partial charge on any atom is 0.330 e. The molecule has 1 saturated heterocycles. The van der Waals surface area contributed by atoms with Crippen LogP contribution in [0, 0.1) is 6.92 Å². The Bertz CT molecular complexity index is 589. The highest BCUT2D eigenvalue weighted by atomic mass is 16.6. The Balaban J connectivity index is 2.45. The van der Waals surface area contributed by atoms with E-state index in [4.69, 9.17) is 9.84 Å². The zero-order chi connectivity index (χ0) is 13.4. The molecular formula is C10H12N2O6. The van der Waals surface area contributed by atoms with E-state index in [1.165, 1.54) is 13.1 Å². The quantitative estimate of drug-likeness (QED) is 0.545. The van der Waals surface area contributed by atoms with Crippen LogP contribution < -0.4 is 11.2 Å². The van der Waals surface area contributed by atoms with Crippen LogP contribution in [0.4, 0.5) is 0 Å². The van der Waals surface area contributed by atoms with Crippen molar-refractivity contribution >= 4 is 5.78 Å². The summed E-state index contributed by atoms with van der Waals surface area (Å²) in [4.78, 5) is 36.5. The smallest absolute Gasteiger partial charge is 0.330 e. The first-order chi connectivity index (χ1) is 8.45. The van der Waals surface area contributed by atoms with Gasteiger partial charge in [-0.05, 0) is 6.92 Å². The number of ketones is 1. The van der Waals surface area contributed by atoms with E-state index in [1.54, 1.807) is 0 Å². The van der Waals surface area contributed by atoms with Crippen LogP contribution in [0.1, 0.15) is 11.8 Å². The average Bonchev–Trinajstić information content (AvgIpc) is 2.61. The fourth-order valence-electron chi connectivity index (χ4n) is 1.74. The number of H-pyrrole nitrogens is 1. The minimum Gasteiger partial charge on any atom is -0.394 e. The number of nitrogens with one attached hydrogen (secondary N) is 1. The van der Waals surface area contributed by atoms with Crippen molar-refractivity contribution in [3.8, 4) is 0 Å². The van der Waals surface area contributed by atoms with Gasteiger partial charge in [0.1, 0.15) is 12.2 Å². The number of hydrogen-bond acceptors (Lipinski definition) is 6. The zero-order valence-electron chi connectivity index (χ0n) is 9.49. The molecule has 1 unspecified atom stereocenters. The first-order valence-electron chi connectivity index (χ1n) is 5.26. The molecule has 1 aliphatic heterocycles. The maximum atomic E-state index is 11.7. The summed E-state index contributed by atoms with van der Waals surface area (Å²) in [5.41, 5.74) is -1.14. The minimum absolute atomic E-state index is 0.230. The molecular weight excluding hydrogens is 244 g/mol. The van der Waals surface area contributed by atoms with E-state index in [1.807, 2.05) is 4.98 Å². The fourth-order valence-corrected chi connectivity index (χ4v) is 1.74. The minimum atomic E-state index is -1.49. The second-order valence-corrected chi connectivity index (χ2v) is 4.04. The van der Waals surface area contributed by atoms with E-state index < -0.39 is 42.1 Å². The molecule has 1 fully saturated rings. The summed E-state index contributed by atoms with van der Waals surface area (Å²) in [5, 5.41) is 18.4. The monoisotopic (exact) mass is 256 g/mol. The van der Waals surface area contributed by atoms with Gasteiger partial charge in [0.2, 0.25) is 12.0 Å². The maximum absolute atomic E-state index is 11.7. The summed E-state index contributed by atoms with van der Waals surface area (Å²) in [6.07, 6.45) is -2.71. The van der Waals surface area contributed by atoms with Gasteiger partial charge in [0, 0.05) is 11.8 Å². The standard InChI is InChI=1S/C10H12N2O6/c1-4-2-12(10(17)11-8(4)16)9-7(15)6(14)5(3-13)18-9/h2,5-6,9,13-14H,3H2,1H3,(H,11,16,17)/t5-,6?,9-/m1/s1. The summed E-state index contributed by atoms with van der Waals surface area (Å²) in [7, 11) is 0. The second kappa shape index (κ2) is 4.48. The number of carbonyl (C=O) groups excluding carboxylic acids is 1. The molecule has 18 heavy (non-hydrogen) atoms. The fraction of sp³-hybridized carbons (Fsp3) is 0.500. The summed E-state index contributed by atoms with van der Waals surface area (Å²) < 4.78 is 5.98. The lowest BCUT2D eigenvalue weighted by Crippen LogP contribution is -2.36. The third kappa shape index (κ3) is 1.90. The molecule has 3 N–H and O–H groups in total. The molecule has 0 aliphatic carbocycles. The van der Waals surface area contributed by atoms with E-state index in [2.05, 4.69) is 0 Å². The largest absolute Gasteiger partial charge is 0.394 e. The number of aryl methyl sites for hydroxylation is 1. The van der Waals surface area contributed by atoms with Crippen molar-refractivity contribution in [2.75, 3.05) is 6.61 Å². The van der Waals surface area contributed by atoms with Gasteiger partial charge in [-0.3, -0.25) is 19.1 Å². The SMILES string of the molecule is Cc1cn([C@@H]2O[C@H](CO)C(O)C2=O)c(=O)[nH]c1=O. The number of hydrogen-bond donors (Lipinski definition) is 3. The van der Waals surface area contributed by atoms with Crippen molar-refractivity contribution < 1.29 is 19.7 Å². The lowest BCUT2D eigenvalue weighted by Gasteiger charge is -2.13. The van der Waals surface area contributed by atoms with E-state index in [0.29, 0.717) is 0 Å². The van der Waals surface area contributed by atoms with Crippen molar-refractivity contribution in [3.63, 3.8) is 0 Å². The lowest BCUT2D eigenvalue weighted by molar-refractivity contribution is -0.130. The predicted octanol–water partition coefficient (Wildman–Crippen LogP) is -2.34. The first kappa shape index (κ1) is 12.7. The number of aromatic nitrogens is 2. The molecule has 8 heteroatoms. The Kier molecular flexibility index (Phi) is 3.16. The van der Waals surface area contributed by atoms with Gasteiger partial charge >= 0.3 is 5.69 Å². The molecule has 0 radical (unpaired) electrons. The molecule has 98 valence electrons. The number of rotatable bonds is 2. The van der Waals surface area contributed by atoms with Crippen molar-refractivity contribution in [2.24, 2.45) is 0 Å². The number of carbonyl (C=O) groups is 1. The topological polar surface area (TPSA) is 122 Å². The van der Waals surface area contributed by atoms with Crippen LogP contribution in [0.5, 0.6) is 0 Å². The highest BCUT2D eigenvalue weighted by Crippen LogP contribution is 2.23. The second-order valence-electron chi connectivity index (χ2n) is 4.04. The van der Waals surface area contributed by atoms with Crippen LogP contribution in [-0.2, 0) is 9.53 Å². The summed E-state index contributed by atoms with van der Waals surface area (Å²) >= 11 is 0. The summed E-state index contributed by atoms with van der Waals surface area (Å²) in [6.45, 7) is 0.925. The Labute approximate surface area is 100 Å². The molecule has 3 atom stereocenters. The van der Waals surface area contributed by atoms with Crippen LogP contribution >= 0.6 is 0 Å². The van der Waals surface area contributed by atoms with E-state index in [-0.39, 0.29) is 5.56 Å². The van der Waals surface area contributed by atoms with E-state index in [9.17, 15) is 19.5 Å². The highest BCUT2D eigenvalue weighted by Gasteiger charge is 2.43. The van der Waals surface area contributed by atoms with Crippen molar-refractivity contribution in [3.05, 3.63) is 32.6 Å². The molecule has 1 aromatic heterocycles. The lowest BCUT2D eigenvalue weighted by atomic mass is 10.1. The van der Waals surface area contributed by atoms with Gasteiger partial charge in [-0.25, -0.2) is 4.79 Å². The number of aliphatic hydroxyl groups is 2.